The van der Waals surface area contributed by atoms with Crippen molar-refractivity contribution in [3.63, 3.8) is 0 Å². The summed E-state index contributed by atoms with van der Waals surface area (Å²) in [7, 11) is 0. The molecular formula is C30H53N2NaO10. The quantitative estimate of drug-likeness (QED) is 0.112. The van der Waals surface area contributed by atoms with Gasteiger partial charge in [-0.1, -0.05) is 20.8 Å². The van der Waals surface area contributed by atoms with E-state index in [4.69, 9.17) is 19.3 Å². The zero-order valence-corrected chi connectivity index (χ0v) is 30.3. The van der Waals surface area contributed by atoms with Gasteiger partial charge in [-0.25, -0.2) is 0 Å². The molecule has 12 nitrogen and oxygen atoms in total. The molecule has 0 spiro atoms. The molecule has 0 aromatic heterocycles. The number of ether oxygens (including phenoxy) is 3. The summed E-state index contributed by atoms with van der Waals surface area (Å²) >= 11 is 0. The van der Waals surface area contributed by atoms with Crippen LogP contribution in [0.4, 0.5) is 0 Å². The Kier molecular flexibility index (Phi) is 24.7. The van der Waals surface area contributed by atoms with Crippen molar-refractivity contribution in [3.8, 4) is 0 Å². The average Bonchev–Trinajstić information content (AvgIpc) is 2.89. The molecule has 244 valence electrons. The van der Waals surface area contributed by atoms with Crippen molar-refractivity contribution in [3.05, 3.63) is 0 Å². The first-order chi connectivity index (χ1) is 19.5. The molecule has 1 aliphatic heterocycles. The number of likely N-dealkylation sites (tertiary alicyclic amines) is 1. The first kappa shape index (κ1) is 45.4. The van der Waals surface area contributed by atoms with Gasteiger partial charge in [0.15, 0.2) is 11.7 Å². The molecule has 0 radical (unpaired) electrons. The zero-order chi connectivity index (χ0) is 33.1. The Labute approximate surface area is 279 Å². The minimum Gasteiger partial charge on any atom is -0.855 e. The van der Waals surface area contributed by atoms with Gasteiger partial charge in [0.2, 0.25) is 11.8 Å². The number of nitrogens with zero attached hydrogens (tertiary/aromatic N) is 2. The molecule has 43 heavy (non-hydrogen) atoms. The number of hydrogen-bond acceptors (Lipinski definition) is 10. The molecule has 0 aromatic carbocycles. The summed E-state index contributed by atoms with van der Waals surface area (Å²) in [4.78, 5) is 74.1. The van der Waals surface area contributed by atoms with Gasteiger partial charge < -0.3 is 29.1 Å². The van der Waals surface area contributed by atoms with Gasteiger partial charge in [0, 0.05) is 30.6 Å². The first-order valence-electron chi connectivity index (χ1n) is 14.7. The topological polar surface area (TPSA) is 160 Å². The Bertz CT molecular complexity index is 892. The van der Waals surface area contributed by atoms with E-state index in [-0.39, 0.29) is 98.4 Å². The van der Waals surface area contributed by atoms with Gasteiger partial charge in [0.25, 0.3) is 0 Å². The van der Waals surface area contributed by atoms with Crippen molar-refractivity contribution < 1.29 is 77.6 Å². The molecule has 1 atom stereocenters. The maximum Gasteiger partial charge on any atom is 1.00 e. The van der Waals surface area contributed by atoms with Gasteiger partial charge in [-0.3, -0.25) is 28.8 Å². The van der Waals surface area contributed by atoms with Crippen LogP contribution < -0.4 is 34.7 Å². The smallest absolute Gasteiger partial charge is 0.855 e. The van der Waals surface area contributed by atoms with Crippen molar-refractivity contribution in [2.75, 3.05) is 39.5 Å². The summed E-state index contributed by atoms with van der Waals surface area (Å²) in [5, 5.41) is 8.93. The molecule has 1 unspecified atom stereocenters. The minimum absolute atomic E-state index is 0. The summed E-state index contributed by atoms with van der Waals surface area (Å²) in [6, 6.07) is 0. The van der Waals surface area contributed by atoms with Crippen molar-refractivity contribution in [2.24, 2.45) is 5.92 Å². The van der Waals surface area contributed by atoms with Gasteiger partial charge in [0.05, 0.1) is 26.2 Å². The number of esters is 3. The van der Waals surface area contributed by atoms with E-state index < -0.39 is 29.3 Å². The van der Waals surface area contributed by atoms with E-state index in [0.29, 0.717) is 19.6 Å². The molecule has 1 fully saturated rings. The maximum absolute atomic E-state index is 12.3. The molecule has 1 aliphatic rings. The fraction of sp³-hybridized carbons (Fsp3) is 0.800. The van der Waals surface area contributed by atoms with Crippen LogP contribution in [0.25, 0.3) is 0 Å². The summed E-state index contributed by atoms with van der Waals surface area (Å²) in [6.07, 6.45) is 1.51. The van der Waals surface area contributed by atoms with Crippen LogP contribution in [0.1, 0.15) is 101 Å². The van der Waals surface area contributed by atoms with Crippen molar-refractivity contribution >= 4 is 35.5 Å². The maximum atomic E-state index is 12.3. The number of carbonyl (C=O) groups is 6. The first-order valence-corrected chi connectivity index (χ1v) is 14.7. The third kappa shape index (κ3) is 16.6. The summed E-state index contributed by atoms with van der Waals surface area (Å²) in [6.45, 7) is 19.6. The Morgan fingerprint density at radius 1 is 0.860 bits per heavy atom. The predicted molar refractivity (Wildman–Crippen MR) is 155 cm³/mol. The van der Waals surface area contributed by atoms with Gasteiger partial charge in [0.1, 0.15) is 6.42 Å². The van der Waals surface area contributed by atoms with Crippen LogP contribution in [-0.4, -0.2) is 95.9 Å². The van der Waals surface area contributed by atoms with Crippen molar-refractivity contribution in [2.45, 2.75) is 112 Å². The molecule has 1 heterocycles. The molecular weight excluding hydrogens is 571 g/mol. The van der Waals surface area contributed by atoms with Gasteiger partial charge in [-0.05, 0) is 61.3 Å². The van der Waals surface area contributed by atoms with E-state index in [1.54, 1.807) is 37.5 Å². The summed E-state index contributed by atoms with van der Waals surface area (Å²) < 4.78 is 14.5. The van der Waals surface area contributed by atoms with E-state index in [0.717, 1.165) is 6.42 Å². The second-order valence-corrected chi connectivity index (χ2v) is 10.6. The van der Waals surface area contributed by atoms with Crippen LogP contribution in [0.5, 0.6) is 0 Å². The Morgan fingerprint density at radius 2 is 1.35 bits per heavy atom. The number of amides is 2. The number of ketones is 1. The Hall–Kier alpha value is -2.02. The number of Topliss-reactive ketones (excluding diaryl/α,β-unsaturated/α-hetero) is 1. The molecule has 1 saturated heterocycles. The largest absolute Gasteiger partial charge is 1.00 e. The van der Waals surface area contributed by atoms with Gasteiger partial charge >= 0.3 is 47.5 Å². The van der Waals surface area contributed by atoms with E-state index >= 15 is 0 Å². The standard InChI is InChI=1S/C15H27NO5.C13H21NO4.C2H5O.Na/c1-6-15(4,5)16(10-9-13(18)20-7-2)12(17)11-14(19)21-8-3;1-5-13(3,4)14-8-7-9(15)10(11(14)16)12(17)18-6-2;1-2-3;/h6-11H2,1-5H3;10H,5-8H2,1-4H3;2H2,1H3;/q;;-1;+1. The van der Waals surface area contributed by atoms with Crippen LogP contribution in [0.2, 0.25) is 0 Å². The fourth-order valence-electron chi connectivity index (χ4n) is 3.84. The monoisotopic (exact) mass is 624 g/mol. The molecule has 0 bridgehead atoms. The van der Waals surface area contributed by atoms with Crippen LogP contribution in [0, 0.1) is 5.92 Å². The van der Waals surface area contributed by atoms with E-state index in [2.05, 4.69) is 0 Å². The van der Waals surface area contributed by atoms with Crippen molar-refractivity contribution in [1.29, 1.82) is 0 Å². The van der Waals surface area contributed by atoms with E-state index in [9.17, 15) is 28.8 Å². The van der Waals surface area contributed by atoms with Crippen LogP contribution >= 0.6 is 0 Å². The SMILES string of the molecule is CCOC(=O)C1C(=O)CCN(C(C)(C)CC)C1=O.CCOC(=O)CCN(C(=O)CC(=O)OCC)C(C)(C)CC.CC[O-].[Na+]. The normalized spacial score (nSPS) is 14.6. The molecule has 0 saturated carbocycles. The minimum atomic E-state index is -1.26. The van der Waals surface area contributed by atoms with Gasteiger partial charge in [-0.15, -0.1) is 6.61 Å². The van der Waals surface area contributed by atoms with E-state index in [1.165, 1.54) is 0 Å². The Balaban J connectivity index is -0.000000672. The van der Waals surface area contributed by atoms with Crippen molar-refractivity contribution in [1.82, 2.24) is 9.80 Å². The molecule has 0 aromatic rings. The van der Waals surface area contributed by atoms with Crippen LogP contribution in [0.15, 0.2) is 0 Å². The second kappa shape index (κ2) is 23.4. The molecule has 0 aliphatic carbocycles. The number of rotatable bonds is 13. The summed E-state index contributed by atoms with van der Waals surface area (Å²) in [5.41, 5.74) is -0.779. The number of carbonyl (C=O) groups excluding carboxylic acids is 6. The number of piperidine rings is 1. The third-order valence-corrected chi connectivity index (χ3v) is 6.88. The number of hydrogen-bond donors (Lipinski definition) is 0. The average molecular weight is 625 g/mol. The molecule has 2 amide bonds. The van der Waals surface area contributed by atoms with Crippen LogP contribution in [-0.2, 0) is 43.0 Å². The molecule has 1 rings (SSSR count). The fourth-order valence-corrected chi connectivity index (χ4v) is 3.84. The zero-order valence-electron chi connectivity index (χ0n) is 28.3. The Morgan fingerprint density at radius 3 is 1.79 bits per heavy atom. The van der Waals surface area contributed by atoms with Gasteiger partial charge in [-0.2, -0.15) is 0 Å². The molecule has 0 N–H and O–H groups in total. The predicted octanol–water partition coefficient (Wildman–Crippen LogP) is -0.564. The third-order valence-electron chi connectivity index (χ3n) is 6.88. The van der Waals surface area contributed by atoms with E-state index in [1.807, 2.05) is 41.5 Å². The van der Waals surface area contributed by atoms with Crippen LogP contribution in [0.3, 0.4) is 0 Å². The summed E-state index contributed by atoms with van der Waals surface area (Å²) in [5.74, 6) is -3.95. The molecule has 13 heteroatoms. The second-order valence-electron chi connectivity index (χ2n) is 10.6.